The van der Waals surface area contributed by atoms with Crippen LogP contribution in [0.15, 0.2) is 18.2 Å². The number of hydrogen-bond donors (Lipinski definition) is 1. The quantitative estimate of drug-likeness (QED) is 0.777. The number of nitriles is 1. The molecule has 82 valence electrons. The smallest absolute Gasteiger partial charge is 0.339 e. The van der Waals surface area contributed by atoms with Gasteiger partial charge in [0.2, 0.25) is 0 Å². The first-order valence-electron chi connectivity index (χ1n) is 4.55. The summed E-state index contributed by atoms with van der Waals surface area (Å²) in [7, 11) is 0. The van der Waals surface area contributed by atoms with Crippen LogP contribution in [0.3, 0.4) is 0 Å². The van der Waals surface area contributed by atoms with E-state index < -0.39 is 11.9 Å². The van der Waals surface area contributed by atoms with Gasteiger partial charge in [-0.05, 0) is 19.1 Å². The number of benzene rings is 1. The average molecular weight is 219 g/mol. The standard InChI is InChI=1S/C11H9NO4/c1-2-16-11(15)8-5-3-4-7(6-12)9(8)10(13)14/h3-5H,2H2,1H3,(H,13,14). The molecule has 0 heterocycles. The molecule has 0 aliphatic rings. The van der Waals surface area contributed by atoms with Crippen molar-refractivity contribution in [2.45, 2.75) is 6.92 Å². The molecule has 1 aromatic rings. The highest BCUT2D eigenvalue weighted by atomic mass is 16.5. The Bertz CT molecular complexity index is 473. The maximum Gasteiger partial charge on any atom is 0.339 e. The third-order valence-corrected chi connectivity index (χ3v) is 1.89. The van der Waals surface area contributed by atoms with Crippen LogP contribution in [0.4, 0.5) is 0 Å². The van der Waals surface area contributed by atoms with Crippen LogP contribution < -0.4 is 0 Å². The molecule has 0 radical (unpaired) electrons. The molecule has 5 heteroatoms. The molecule has 0 amide bonds. The maximum absolute atomic E-state index is 11.4. The summed E-state index contributed by atoms with van der Waals surface area (Å²) in [4.78, 5) is 22.4. The van der Waals surface area contributed by atoms with Crippen molar-refractivity contribution in [1.29, 1.82) is 5.26 Å². The molecule has 0 aliphatic carbocycles. The first kappa shape index (κ1) is 11.7. The second kappa shape index (κ2) is 4.94. The van der Waals surface area contributed by atoms with Crippen molar-refractivity contribution in [3.63, 3.8) is 0 Å². The Morgan fingerprint density at radius 2 is 2.19 bits per heavy atom. The van der Waals surface area contributed by atoms with E-state index in [1.165, 1.54) is 18.2 Å². The highest BCUT2D eigenvalue weighted by molar-refractivity contribution is 6.04. The zero-order valence-corrected chi connectivity index (χ0v) is 8.56. The lowest BCUT2D eigenvalue weighted by atomic mass is 10.0. The van der Waals surface area contributed by atoms with Gasteiger partial charge < -0.3 is 9.84 Å². The molecule has 1 aromatic carbocycles. The van der Waals surface area contributed by atoms with E-state index >= 15 is 0 Å². The Balaban J connectivity index is 3.34. The van der Waals surface area contributed by atoms with Gasteiger partial charge >= 0.3 is 11.9 Å². The Labute approximate surface area is 91.9 Å². The van der Waals surface area contributed by atoms with Crippen molar-refractivity contribution in [3.05, 3.63) is 34.9 Å². The highest BCUT2D eigenvalue weighted by Crippen LogP contribution is 2.15. The second-order valence-electron chi connectivity index (χ2n) is 2.87. The minimum Gasteiger partial charge on any atom is -0.478 e. The lowest BCUT2D eigenvalue weighted by Gasteiger charge is -2.06. The van der Waals surface area contributed by atoms with Gasteiger partial charge in [-0.25, -0.2) is 9.59 Å². The number of rotatable bonds is 3. The molecule has 1 N–H and O–H groups in total. The van der Waals surface area contributed by atoms with Gasteiger partial charge in [0.1, 0.15) is 6.07 Å². The normalized spacial score (nSPS) is 9.25. The number of carboxylic acids is 1. The Kier molecular flexibility index (Phi) is 3.62. The number of esters is 1. The van der Waals surface area contributed by atoms with Crippen molar-refractivity contribution in [3.8, 4) is 6.07 Å². The molecule has 16 heavy (non-hydrogen) atoms. The Hall–Kier alpha value is -2.35. The van der Waals surface area contributed by atoms with Crippen LogP contribution in [-0.2, 0) is 4.74 Å². The molecule has 1 rings (SSSR count). The monoisotopic (exact) mass is 219 g/mol. The predicted octanol–water partition coefficient (Wildman–Crippen LogP) is 1.43. The Morgan fingerprint density at radius 3 is 2.69 bits per heavy atom. The van der Waals surface area contributed by atoms with Gasteiger partial charge in [-0.3, -0.25) is 0 Å². The van der Waals surface area contributed by atoms with Crippen LogP contribution in [0, 0.1) is 11.3 Å². The van der Waals surface area contributed by atoms with Crippen molar-refractivity contribution in [1.82, 2.24) is 0 Å². The second-order valence-corrected chi connectivity index (χ2v) is 2.87. The number of aromatic carboxylic acids is 1. The molecule has 0 fully saturated rings. The molecule has 0 unspecified atom stereocenters. The molecule has 0 aliphatic heterocycles. The maximum atomic E-state index is 11.4. The first-order chi connectivity index (χ1) is 7.61. The zero-order chi connectivity index (χ0) is 12.1. The molecule has 0 atom stereocenters. The molecule has 0 bridgehead atoms. The van der Waals surface area contributed by atoms with Crippen molar-refractivity contribution < 1.29 is 19.4 Å². The third-order valence-electron chi connectivity index (χ3n) is 1.89. The van der Waals surface area contributed by atoms with E-state index in [4.69, 9.17) is 15.1 Å². The van der Waals surface area contributed by atoms with Crippen molar-refractivity contribution in [2.75, 3.05) is 6.61 Å². The van der Waals surface area contributed by atoms with Crippen LogP contribution in [0.2, 0.25) is 0 Å². The molecule has 0 saturated carbocycles. The molecular weight excluding hydrogens is 210 g/mol. The largest absolute Gasteiger partial charge is 0.478 e. The molecular formula is C11H9NO4. The van der Waals surface area contributed by atoms with Gasteiger partial charge in [0.25, 0.3) is 0 Å². The molecule has 0 saturated heterocycles. The molecule has 0 spiro atoms. The van der Waals surface area contributed by atoms with E-state index in [-0.39, 0.29) is 23.3 Å². The summed E-state index contributed by atoms with van der Waals surface area (Å²) in [6.07, 6.45) is 0. The van der Waals surface area contributed by atoms with Gasteiger partial charge in [0, 0.05) is 0 Å². The average Bonchev–Trinajstić information content (AvgIpc) is 2.28. The van der Waals surface area contributed by atoms with E-state index in [2.05, 4.69) is 0 Å². The number of carbonyl (C=O) groups is 2. The SMILES string of the molecule is CCOC(=O)c1cccc(C#N)c1C(=O)O. The third kappa shape index (κ3) is 2.17. The van der Waals surface area contributed by atoms with Crippen molar-refractivity contribution >= 4 is 11.9 Å². The van der Waals surface area contributed by atoms with E-state index in [1.54, 1.807) is 13.0 Å². The summed E-state index contributed by atoms with van der Waals surface area (Å²) in [6.45, 7) is 1.77. The van der Waals surface area contributed by atoms with Gasteiger partial charge in [-0.1, -0.05) is 6.07 Å². The lowest BCUT2D eigenvalue weighted by Crippen LogP contribution is -2.13. The summed E-state index contributed by atoms with van der Waals surface area (Å²) in [6, 6.07) is 5.83. The molecule has 5 nitrogen and oxygen atoms in total. The first-order valence-corrected chi connectivity index (χ1v) is 4.55. The summed E-state index contributed by atoms with van der Waals surface area (Å²) in [5.74, 6) is -2.06. The van der Waals surface area contributed by atoms with Crippen LogP contribution >= 0.6 is 0 Å². The number of hydrogen-bond acceptors (Lipinski definition) is 4. The van der Waals surface area contributed by atoms with E-state index in [0.29, 0.717) is 0 Å². The van der Waals surface area contributed by atoms with E-state index in [9.17, 15) is 9.59 Å². The summed E-state index contributed by atoms with van der Waals surface area (Å²) in [5.41, 5.74) is -0.477. The summed E-state index contributed by atoms with van der Waals surface area (Å²) >= 11 is 0. The number of carbonyl (C=O) groups excluding carboxylic acids is 1. The van der Waals surface area contributed by atoms with Crippen LogP contribution in [-0.4, -0.2) is 23.7 Å². The fraction of sp³-hybridized carbons (Fsp3) is 0.182. The van der Waals surface area contributed by atoms with Crippen LogP contribution in [0.25, 0.3) is 0 Å². The highest BCUT2D eigenvalue weighted by Gasteiger charge is 2.20. The minimum absolute atomic E-state index is 0.0574. The topological polar surface area (TPSA) is 87.4 Å². The minimum atomic E-state index is -1.32. The van der Waals surface area contributed by atoms with Gasteiger partial charge in [-0.15, -0.1) is 0 Å². The predicted molar refractivity (Wildman–Crippen MR) is 54.1 cm³/mol. The summed E-state index contributed by atoms with van der Waals surface area (Å²) < 4.78 is 4.71. The zero-order valence-electron chi connectivity index (χ0n) is 8.56. The summed E-state index contributed by atoms with van der Waals surface area (Å²) in [5, 5.41) is 17.7. The van der Waals surface area contributed by atoms with Crippen LogP contribution in [0.1, 0.15) is 33.2 Å². The lowest BCUT2D eigenvalue weighted by molar-refractivity contribution is 0.0514. The van der Waals surface area contributed by atoms with Gasteiger partial charge in [0.05, 0.1) is 23.3 Å². The Morgan fingerprint density at radius 1 is 1.50 bits per heavy atom. The van der Waals surface area contributed by atoms with Crippen molar-refractivity contribution in [2.24, 2.45) is 0 Å². The number of ether oxygens (including phenoxy) is 1. The fourth-order valence-electron chi connectivity index (χ4n) is 1.25. The van der Waals surface area contributed by atoms with E-state index in [1.807, 2.05) is 0 Å². The fourth-order valence-corrected chi connectivity index (χ4v) is 1.25. The van der Waals surface area contributed by atoms with Gasteiger partial charge in [0.15, 0.2) is 0 Å². The van der Waals surface area contributed by atoms with Gasteiger partial charge in [-0.2, -0.15) is 5.26 Å². The van der Waals surface area contributed by atoms with Crippen LogP contribution in [0.5, 0.6) is 0 Å². The molecule has 0 aromatic heterocycles. The number of nitrogens with zero attached hydrogens (tertiary/aromatic N) is 1. The van der Waals surface area contributed by atoms with E-state index in [0.717, 1.165) is 0 Å². The number of carboxylic acid groups (broad SMARTS) is 1.